The normalized spacial score (nSPS) is 18.6. The highest BCUT2D eigenvalue weighted by atomic mass is 32.2. The molecule has 2 aliphatic rings. The molecular formula is C28H35N7O2S. The summed E-state index contributed by atoms with van der Waals surface area (Å²) < 4.78 is 20.3. The summed E-state index contributed by atoms with van der Waals surface area (Å²) in [5.74, 6) is 1.53. The quantitative estimate of drug-likeness (QED) is 0.350. The largest absolute Gasteiger partial charge is 0.486 e. The van der Waals surface area contributed by atoms with Crippen molar-refractivity contribution >= 4 is 28.2 Å². The number of nitrogen functional groups attached to an aromatic ring is 1. The van der Waals surface area contributed by atoms with Crippen LogP contribution in [0.4, 0.5) is 11.5 Å². The Labute approximate surface area is 226 Å². The topological polar surface area (TPSA) is 121 Å². The Hall–Kier alpha value is -3.37. The van der Waals surface area contributed by atoms with E-state index in [0.29, 0.717) is 28.3 Å². The molecule has 2 fully saturated rings. The molecule has 0 bridgehead atoms. The van der Waals surface area contributed by atoms with Gasteiger partial charge in [0.15, 0.2) is 0 Å². The highest BCUT2D eigenvalue weighted by Crippen LogP contribution is 2.41. The number of nitrogens with two attached hydrogens (primary N) is 1. The van der Waals surface area contributed by atoms with E-state index >= 15 is 0 Å². The molecule has 0 radical (unpaired) electrons. The number of piperidine rings is 1. The zero-order valence-electron chi connectivity index (χ0n) is 22.4. The van der Waals surface area contributed by atoms with E-state index in [2.05, 4.69) is 24.4 Å². The number of nitrogens with zero attached hydrogens (tertiary/aromatic N) is 5. The standard InChI is InChI=1S/C28H35N7O2S/c1-18-13-32-33-19(2)26(18)20(3)37-22-7-8-24(29)23(12-22)27(30)21-6-9-25(31-14-21)34-15-28(16-34)10-5-11-35(17-28)38(4)36/h6-9,12-14,20,30H,5,10-11,15-17,29H2,1-4H3/t20-,38?/m1/s1. The van der Waals surface area contributed by atoms with Crippen LogP contribution in [-0.4, -0.2) is 61.8 Å². The van der Waals surface area contributed by atoms with Crippen molar-refractivity contribution in [3.8, 4) is 5.75 Å². The van der Waals surface area contributed by atoms with Crippen LogP contribution in [0.25, 0.3) is 0 Å². The Morgan fingerprint density at radius 1 is 1.18 bits per heavy atom. The number of benzene rings is 1. The van der Waals surface area contributed by atoms with Gasteiger partial charge in [0.05, 0.1) is 28.6 Å². The molecule has 10 heteroatoms. The lowest BCUT2D eigenvalue weighted by Gasteiger charge is -2.54. The number of aryl methyl sites for hydroxylation is 2. The van der Waals surface area contributed by atoms with E-state index in [0.717, 1.165) is 61.7 Å². The van der Waals surface area contributed by atoms with Gasteiger partial charge in [-0.25, -0.2) is 13.5 Å². The van der Waals surface area contributed by atoms with Crippen LogP contribution >= 0.6 is 0 Å². The maximum atomic E-state index is 12.0. The van der Waals surface area contributed by atoms with Crippen LogP contribution in [0.5, 0.6) is 5.75 Å². The second kappa shape index (κ2) is 10.4. The molecule has 1 unspecified atom stereocenters. The molecule has 2 aromatic heterocycles. The van der Waals surface area contributed by atoms with E-state index in [1.54, 1.807) is 24.7 Å². The van der Waals surface area contributed by atoms with Crippen molar-refractivity contribution in [2.75, 3.05) is 43.1 Å². The average molecular weight is 534 g/mol. The second-order valence-corrected chi connectivity index (χ2v) is 11.9. The smallest absolute Gasteiger partial charge is 0.128 e. The van der Waals surface area contributed by atoms with Crippen molar-refractivity contribution in [2.45, 2.75) is 39.7 Å². The average Bonchev–Trinajstić information content (AvgIpc) is 2.88. The predicted molar refractivity (Wildman–Crippen MR) is 151 cm³/mol. The molecule has 200 valence electrons. The van der Waals surface area contributed by atoms with Crippen molar-refractivity contribution in [1.82, 2.24) is 19.5 Å². The SMILES string of the molecule is Cc1cnnc(C)c1[C@@H](C)Oc1ccc(N)c(C(=N)c2ccc(N3CC4(CCCN(S(C)=O)C4)C3)nc2)c1. The van der Waals surface area contributed by atoms with E-state index in [1.165, 1.54) is 0 Å². The van der Waals surface area contributed by atoms with E-state index in [-0.39, 0.29) is 11.5 Å². The highest BCUT2D eigenvalue weighted by Gasteiger charge is 2.46. The fourth-order valence-electron chi connectivity index (χ4n) is 5.76. The van der Waals surface area contributed by atoms with E-state index in [9.17, 15) is 4.21 Å². The number of hydrogen-bond acceptors (Lipinski definition) is 8. The lowest BCUT2D eigenvalue weighted by Crippen LogP contribution is -2.63. The van der Waals surface area contributed by atoms with Crippen LogP contribution in [0.15, 0.2) is 42.7 Å². The Kier molecular flexibility index (Phi) is 7.19. The lowest BCUT2D eigenvalue weighted by atomic mass is 9.74. The molecule has 2 atom stereocenters. The third kappa shape index (κ3) is 5.15. The molecule has 1 aromatic carbocycles. The Morgan fingerprint density at radius 2 is 1.97 bits per heavy atom. The summed E-state index contributed by atoms with van der Waals surface area (Å²) in [5, 5.41) is 17.0. The number of rotatable bonds is 7. The van der Waals surface area contributed by atoms with E-state index < -0.39 is 11.0 Å². The minimum absolute atomic E-state index is 0.201. The Morgan fingerprint density at radius 3 is 2.66 bits per heavy atom. The first-order valence-electron chi connectivity index (χ1n) is 12.9. The second-order valence-electron chi connectivity index (χ2n) is 10.6. The van der Waals surface area contributed by atoms with E-state index in [4.69, 9.17) is 15.9 Å². The van der Waals surface area contributed by atoms with Gasteiger partial charge in [-0.3, -0.25) is 5.41 Å². The van der Waals surface area contributed by atoms with Crippen LogP contribution in [0.2, 0.25) is 0 Å². The maximum Gasteiger partial charge on any atom is 0.128 e. The number of pyridine rings is 1. The summed E-state index contributed by atoms with van der Waals surface area (Å²) in [6.07, 6.45) is 7.25. The summed E-state index contributed by atoms with van der Waals surface area (Å²) in [5.41, 5.74) is 11.4. The third-order valence-electron chi connectivity index (χ3n) is 7.69. The minimum Gasteiger partial charge on any atom is -0.486 e. The zero-order valence-corrected chi connectivity index (χ0v) is 23.2. The third-order valence-corrected chi connectivity index (χ3v) is 8.73. The molecule has 1 spiro atoms. The Balaban J connectivity index is 1.27. The first-order chi connectivity index (χ1) is 18.2. The molecule has 9 nitrogen and oxygen atoms in total. The predicted octanol–water partition coefficient (Wildman–Crippen LogP) is 3.82. The van der Waals surface area contributed by atoms with Crippen LogP contribution in [0, 0.1) is 24.7 Å². The summed E-state index contributed by atoms with van der Waals surface area (Å²) in [6, 6.07) is 9.30. The minimum atomic E-state index is -0.917. The van der Waals surface area contributed by atoms with Crippen LogP contribution in [0.3, 0.4) is 0 Å². The number of anilines is 2. The number of hydrogen-bond donors (Lipinski definition) is 2. The summed E-state index contributed by atoms with van der Waals surface area (Å²) in [4.78, 5) is 6.93. The molecular weight excluding hydrogens is 498 g/mol. The van der Waals surface area contributed by atoms with Crippen molar-refractivity contribution in [3.05, 3.63) is 70.7 Å². The molecule has 5 rings (SSSR count). The number of ether oxygens (including phenoxy) is 1. The van der Waals surface area contributed by atoms with Gasteiger partial charge >= 0.3 is 0 Å². The molecule has 3 N–H and O–H groups in total. The van der Waals surface area contributed by atoms with Crippen molar-refractivity contribution in [1.29, 1.82) is 5.41 Å². The summed E-state index contributed by atoms with van der Waals surface area (Å²) in [6.45, 7) is 9.52. The molecule has 0 amide bonds. The van der Waals surface area contributed by atoms with Crippen molar-refractivity contribution in [2.24, 2.45) is 5.41 Å². The van der Waals surface area contributed by atoms with Crippen LogP contribution in [0.1, 0.15) is 53.8 Å². The highest BCUT2D eigenvalue weighted by molar-refractivity contribution is 7.81. The van der Waals surface area contributed by atoms with Gasteiger partial charge < -0.3 is 15.4 Å². The molecule has 3 aromatic rings. The van der Waals surface area contributed by atoms with Gasteiger partial charge in [-0.05, 0) is 69.5 Å². The van der Waals surface area contributed by atoms with Gasteiger partial charge in [-0.1, -0.05) is 0 Å². The molecule has 2 saturated heterocycles. The van der Waals surface area contributed by atoms with Crippen molar-refractivity contribution in [3.63, 3.8) is 0 Å². The molecule has 0 aliphatic carbocycles. The zero-order chi connectivity index (χ0) is 27.0. The van der Waals surface area contributed by atoms with Gasteiger partial charge in [0, 0.05) is 66.4 Å². The van der Waals surface area contributed by atoms with Crippen LogP contribution in [-0.2, 0) is 11.0 Å². The Bertz CT molecular complexity index is 1350. The van der Waals surface area contributed by atoms with Crippen molar-refractivity contribution < 1.29 is 8.95 Å². The van der Waals surface area contributed by atoms with Gasteiger partial charge in [0.1, 0.15) is 17.7 Å². The number of aromatic nitrogens is 3. The summed E-state index contributed by atoms with van der Waals surface area (Å²) in [7, 11) is -0.917. The van der Waals surface area contributed by atoms with Crippen LogP contribution < -0.4 is 15.4 Å². The first-order valence-corrected chi connectivity index (χ1v) is 14.4. The monoisotopic (exact) mass is 533 g/mol. The number of nitrogens with one attached hydrogen (secondary N) is 1. The van der Waals surface area contributed by atoms with Gasteiger partial charge in [-0.2, -0.15) is 10.2 Å². The van der Waals surface area contributed by atoms with Gasteiger partial charge in [0.2, 0.25) is 0 Å². The molecule has 4 heterocycles. The fraction of sp³-hybridized carbons (Fsp3) is 0.429. The summed E-state index contributed by atoms with van der Waals surface area (Å²) >= 11 is 0. The van der Waals surface area contributed by atoms with Gasteiger partial charge in [-0.15, -0.1) is 0 Å². The van der Waals surface area contributed by atoms with Gasteiger partial charge in [0.25, 0.3) is 0 Å². The lowest BCUT2D eigenvalue weighted by molar-refractivity contribution is 0.111. The fourth-order valence-corrected chi connectivity index (χ4v) is 6.60. The molecule has 2 aliphatic heterocycles. The molecule has 38 heavy (non-hydrogen) atoms. The van der Waals surface area contributed by atoms with E-state index in [1.807, 2.05) is 45.0 Å². The molecule has 0 saturated carbocycles. The maximum absolute atomic E-state index is 12.0. The first kappa shape index (κ1) is 26.2.